The van der Waals surface area contributed by atoms with Crippen molar-refractivity contribution in [3.63, 3.8) is 0 Å². The summed E-state index contributed by atoms with van der Waals surface area (Å²) in [4.78, 5) is 12.7. The maximum Gasteiger partial charge on any atom is 0.163 e. The lowest BCUT2D eigenvalue weighted by Crippen LogP contribution is -2.41. The minimum atomic E-state index is -1.84. The molecule has 0 amide bonds. The van der Waals surface area contributed by atoms with Crippen LogP contribution in [0.15, 0.2) is 30.3 Å². The first-order valence-corrected chi connectivity index (χ1v) is 8.41. The van der Waals surface area contributed by atoms with Gasteiger partial charge in [0.05, 0.1) is 6.61 Å². The van der Waals surface area contributed by atoms with E-state index >= 15 is 0 Å². The normalized spacial score (nSPS) is 27.4. The summed E-state index contributed by atoms with van der Waals surface area (Å²) in [6.45, 7) is 1.35. The number of benzene rings is 2. The minimum Gasteiger partial charge on any atom is -0.508 e. The second-order valence-electron chi connectivity index (χ2n) is 7.16. The van der Waals surface area contributed by atoms with Crippen molar-refractivity contribution in [2.45, 2.75) is 31.5 Å². The van der Waals surface area contributed by atoms with Crippen molar-refractivity contribution in [1.82, 2.24) is 0 Å². The minimum absolute atomic E-state index is 0.0896. The second kappa shape index (κ2) is 5.39. The number of Topliss-reactive ketones (excluding diaryl/α,β-unsaturated/α-hetero) is 1. The Balaban J connectivity index is 2.08. The quantitative estimate of drug-likeness (QED) is 0.634. The van der Waals surface area contributed by atoms with Crippen molar-refractivity contribution < 1.29 is 25.2 Å². The van der Waals surface area contributed by atoms with Gasteiger partial charge in [-0.1, -0.05) is 31.2 Å². The highest BCUT2D eigenvalue weighted by Gasteiger charge is 2.46. The number of carbonyl (C=O) groups excluding carboxylic acids is 1. The van der Waals surface area contributed by atoms with E-state index in [9.17, 15) is 25.2 Å². The Morgan fingerprint density at radius 1 is 1.20 bits per heavy atom. The van der Waals surface area contributed by atoms with E-state index in [4.69, 9.17) is 0 Å². The van der Waals surface area contributed by atoms with Gasteiger partial charge in [0.25, 0.3) is 0 Å². The Kier molecular flexibility index (Phi) is 3.51. The molecule has 3 unspecified atom stereocenters. The van der Waals surface area contributed by atoms with Crippen molar-refractivity contribution in [2.24, 2.45) is 5.92 Å². The zero-order valence-electron chi connectivity index (χ0n) is 13.9. The van der Waals surface area contributed by atoms with Gasteiger partial charge in [-0.3, -0.25) is 4.79 Å². The number of aliphatic hydroxyl groups excluding tert-OH is 2. The van der Waals surface area contributed by atoms with Crippen LogP contribution in [0.4, 0.5) is 0 Å². The highest BCUT2D eigenvalue weighted by Crippen LogP contribution is 2.50. The monoisotopic (exact) mass is 340 g/mol. The molecule has 5 heteroatoms. The molecule has 2 aliphatic carbocycles. The molecule has 0 aromatic heterocycles. The lowest BCUT2D eigenvalue weighted by Gasteiger charge is -2.40. The number of carbonyl (C=O) groups is 1. The van der Waals surface area contributed by atoms with Crippen LogP contribution in [0.25, 0.3) is 0 Å². The summed E-state index contributed by atoms with van der Waals surface area (Å²) in [5, 5.41) is 42.4. The molecular weight excluding hydrogens is 320 g/mol. The zero-order chi connectivity index (χ0) is 17.9. The van der Waals surface area contributed by atoms with Crippen molar-refractivity contribution in [3.8, 4) is 5.75 Å². The van der Waals surface area contributed by atoms with E-state index < -0.39 is 18.3 Å². The molecule has 0 aliphatic heterocycles. The Bertz CT molecular complexity index is 888. The average molecular weight is 340 g/mol. The molecule has 2 aromatic carbocycles. The Labute approximate surface area is 145 Å². The number of fused-ring (bicyclic) bond motifs is 4. The van der Waals surface area contributed by atoms with Crippen molar-refractivity contribution >= 4 is 5.78 Å². The first kappa shape index (κ1) is 16.3. The molecule has 2 aliphatic rings. The predicted molar refractivity (Wildman–Crippen MR) is 90.5 cm³/mol. The van der Waals surface area contributed by atoms with Crippen LogP contribution in [0.3, 0.4) is 0 Å². The van der Waals surface area contributed by atoms with Crippen LogP contribution in [0.2, 0.25) is 0 Å². The van der Waals surface area contributed by atoms with Crippen molar-refractivity contribution in [2.75, 3.05) is 6.61 Å². The topological polar surface area (TPSA) is 98.0 Å². The molecule has 0 heterocycles. The van der Waals surface area contributed by atoms with Crippen LogP contribution in [0, 0.1) is 5.92 Å². The van der Waals surface area contributed by atoms with E-state index in [2.05, 4.69) is 0 Å². The lowest BCUT2D eigenvalue weighted by molar-refractivity contribution is 0.00688. The first-order valence-electron chi connectivity index (χ1n) is 8.41. The third-order valence-electron chi connectivity index (χ3n) is 5.44. The summed E-state index contributed by atoms with van der Waals surface area (Å²) in [5.74, 6) is -0.0291. The smallest absolute Gasteiger partial charge is 0.163 e. The predicted octanol–water partition coefficient (Wildman–Crippen LogP) is 1.78. The van der Waals surface area contributed by atoms with Gasteiger partial charge in [0.15, 0.2) is 5.78 Å². The Morgan fingerprint density at radius 3 is 2.68 bits per heavy atom. The number of phenols is 1. The first-order chi connectivity index (χ1) is 11.9. The molecule has 0 radical (unpaired) electrons. The molecule has 0 saturated carbocycles. The van der Waals surface area contributed by atoms with E-state index in [1.165, 1.54) is 6.07 Å². The summed E-state index contributed by atoms with van der Waals surface area (Å²) in [5.41, 5.74) is 0.412. The largest absolute Gasteiger partial charge is 0.508 e. The van der Waals surface area contributed by atoms with Gasteiger partial charge < -0.3 is 20.4 Å². The molecule has 0 saturated heterocycles. The zero-order valence-corrected chi connectivity index (χ0v) is 13.9. The number of hydrogen-bond donors (Lipinski definition) is 4. The Morgan fingerprint density at radius 2 is 1.96 bits per heavy atom. The van der Waals surface area contributed by atoms with Gasteiger partial charge in [-0.2, -0.15) is 0 Å². The van der Waals surface area contributed by atoms with Crippen LogP contribution >= 0.6 is 0 Å². The summed E-state index contributed by atoms with van der Waals surface area (Å²) >= 11 is 0. The summed E-state index contributed by atoms with van der Waals surface area (Å²) in [7, 11) is 0. The molecule has 130 valence electrons. The number of hydrogen-bond acceptors (Lipinski definition) is 5. The molecule has 0 bridgehead atoms. The van der Waals surface area contributed by atoms with Gasteiger partial charge in [-0.15, -0.1) is 0 Å². The highest BCUT2D eigenvalue weighted by atomic mass is 16.3. The number of aliphatic hydroxyl groups is 3. The van der Waals surface area contributed by atoms with Crippen molar-refractivity contribution in [1.29, 1.82) is 0 Å². The molecule has 0 fully saturated rings. The third kappa shape index (κ3) is 2.10. The summed E-state index contributed by atoms with van der Waals surface area (Å²) in [6, 6.07) is 8.02. The highest BCUT2D eigenvalue weighted by molar-refractivity contribution is 6.01. The summed E-state index contributed by atoms with van der Waals surface area (Å²) < 4.78 is 0. The molecular formula is C20H20O5. The SMILES string of the molecule is CC1CC(=O)c2c(ccc3c2C(O)(CO)c2cccc(O)c2C3O)C1. The Hall–Kier alpha value is -2.21. The molecule has 2 aromatic rings. The molecule has 0 spiro atoms. The van der Waals surface area contributed by atoms with E-state index in [-0.39, 0.29) is 34.1 Å². The number of aromatic hydroxyl groups is 1. The van der Waals surface area contributed by atoms with Crippen LogP contribution in [0.5, 0.6) is 5.75 Å². The molecule has 5 nitrogen and oxygen atoms in total. The van der Waals surface area contributed by atoms with Gasteiger partial charge in [-0.05, 0) is 29.5 Å². The van der Waals surface area contributed by atoms with E-state index in [1.807, 2.05) is 6.92 Å². The second-order valence-corrected chi connectivity index (χ2v) is 7.16. The maximum atomic E-state index is 12.7. The fourth-order valence-corrected chi connectivity index (χ4v) is 4.35. The van der Waals surface area contributed by atoms with Crippen LogP contribution in [-0.2, 0) is 12.0 Å². The van der Waals surface area contributed by atoms with Crippen LogP contribution in [0.1, 0.15) is 57.6 Å². The van der Waals surface area contributed by atoms with E-state index in [0.717, 1.165) is 5.56 Å². The van der Waals surface area contributed by atoms with E-state index in [0.29, 0.717) is 24.0 Å². The molecule has 3 atom stereocenters. The van der Waals surface area contributed by atoms with Gasteiger partial charge in [0.1, 0.15) is 17.5 Å². The standard InChI is InChI=1S/C20H20O5/c1-10-7-11-5-6-12-18(16(11)15(23)8-10)20(25,9-21)13-3-2-4-14(22)17(13)19(12)24/h2-6,10,19,21-22,24-25H,7-9H2,1H3. The molecule has 4 N–H and O–H groups in total. The summed E-state index contributed by atoms with van der Waals surface area (Å²) in [6.07, 6.45) is -0.0947. The van der Waals surface area contributed by atoms with Crippen molar-refractivity contribution in [3.05, 3.63) is 63.7 Å². The lowest BCUT2D eigenvalue weighted by atomic mass is 9.68. The van der Waals surface area contributed by atoms with Gasteiger partial charge >= 0.3 is 0 Å². The van der Waals surface area contributed by atoms with Gasteiger partial charge in [0, 0.05) is 28.7 Å². The number of phenolic OH excluding ortho intramolecular Hbond substituents is 1. The maximum absolute atomic E-state index is 12.7. The van der Waals surface area contributed by atoms with Gasteiger partial charge in [-0.25, -0.2) is 0 Å². The average Bonchev–Trinajstić information content (AvgIpc) is 2.58. The van der Waals surface area contributed by atoms with E-state index in [1.54, 1.807) is 24.3 Å². The molecule has 25 heavy (non-hydrogen) atoms. The van der Waals surface area contributed by atoms with Crippen LogP contribution < -0.4 is 0 Å². The van der Waals surface area contributed by atoms with Gasteiger partial charge in [0.2, 0.25) is 0 Å². The molecule has 4 rings (SSSR count). The third-order valence-corrected chi connectivity index (χ3v) is 5.44. The fourth-order valence-electron chi connectivity index (χ4n) is 4.35. The van der Waals surface area contributed by atoms with Crippen LogP contribution in [-0.4, -0.2) is 32.8 Å². The fraction of sp³-hybridized carbons (Fsp3) is 0.350. The number of ketones is 1. The number of rotatable bonds is 1.